The number of rotatable bonds is 5. The van der Waals surface area contributed by atoms with Gasteiger partial charge in [-0.1, -0.05) is 0 Å². The summed E-state index contributed by atoms with van der Waals surface area (Å²) in [6, 6.07) is 3.94. The maximum atomic E-state index is 12.5. The summed E-state index contributed by atoms with van der Waals surface area (Å²) in [5.74, 6) is -0.485. The van der Waals surface area contributed by atoms with Gasteiger partial charge in [-0.25, -0.2) is 13.1 Å². The number of halogens is 1. The predicted molar refractivity (Wildman–Crippen MR) is 89.6 cm³/mol. The van der Waals surface area contributed by atoms with Gasteiger partial charge in [-0.2, -0.15) is 0 Å². The molecule has 1 fully saturated rings. The van der Waals surface area contributed by atoms with Crippen LogP contribution in [-0.4, -0.2) is 40.1 Å². The molecule has 1 aliphatic heterocycles. The lowest BCUT2D eigenvalue weighted by atomic mass is 10.0. The molecule has 1 amide bonds. The van der Waals surface area contributed by atoms with Gasteiger partial charge in [0.2, 0.25) is 10.0 Å². The van der Waals surface area contributed by atoms with E-state index >= 15 is 0 Å². The number of carbonyl (C=O) groups is 1. The summed E-state index contributed by atoms with van der Waals surface area (Å²) in [5, 5.41) is 3.23. The first-order chi connectivity index (χ1) is 10.3. The van der Waals surface area contributed by atoms with Crippen LogP contribution in [0.1, 0.15) is 30.1 Å². The van der Waals surface area contributed by atoms with Crippen molar-refractivity contribution in [1.82, 2.24) is 10.0 Å². The standard InChI is InChI=1S/C14H21N3O4S.ClH/c1-9-12(4-3-7-16-9)17-22(19,20)10-5-6-13(21-2)11(8-10)14(15)18;/h5-6,8-9,12,16-17H,3-4,7H2,1-2H3,(H2,15,18);1H. The number of sulfonamides is 1. The monoisotopic (exact) mass is 363 g/mol. The largest absolute Gasteiger partial charge is 0.496 e. The molecule has 1 heterocycles. The van der Waals surface area contributed by atoms with Crippen LogP contribution in [0.5, 0.6) is 5.75 Å². The van der Waals surface area contributed by atoms with E-state index in [9.17, 15) is 13.2 Å². The predicted octanol–water partition coefficient (Wildman–Crippen LogP) is 0.635. The minimum absolute atomic E-state index is 0. The number of carbonyl (C=O) groups excluding carboxylic acids is 1. The zero-order chi connectivity index (χ0) is 16.3. The molecule has 2 unspecified atom stereocenters. The van der Waals surface area contributed by atoms with Crippen LogP contribution in [0.15, 0.2) is 23.1 Å². The zero-order valence-electron chi connectivity index (χ0n) is 13.0. The van der Waals surface area contributed by atoms with Gasteiger partial charge in [0.05, 0.1) is 17.6 Å². The summed E-state index contributed by atoms with van der Waals surface area (Å²) in [6.45, 7) is 2.82. The molecule has 1 aromatic rings. The first-order valence-corrected chi connectivity index (χ1v) is 8.57. The van der Waals surface area contributed by atoms with Gasteiger partial charge in [-0.15, -0.1) is 12.4 Å². The van der Waals surface area contributed by atoms with Gasteiger partial charge in [0, 0.05) is 12.1 Å². The van der Waals surface area contributed by atoms with E-state index in [1.807, 2.05) is 6.92 Å². The van der Waals surface area contributed by atoms with E-state index < -0.39 is 15.9 Å². The number of nitrogens with one attached hydrogen (secondary N) is 2. The Morgan fingerprint density at radius 2 is 2.13 bits per heavy atom. The highest BCUT2D eigenvalue weighted by atomic mass is 35.5. The molecule has 1 saturated heterocycles. The van der Waals surface area contributed by atoms with Crippen LogP contribution in [0, 0.1) is 0 Å². The molecule has 0 spiro atoms. The van der Waals surface area contributed by atoms with Crippen LogP contribution in [0.3, 0.4) is 0 Å². The highest BCUT2D eigenvalue weighted by Gasteiger charge is 2.27. The van der Waals surface area contributed by atoms with E-state index in [1.165, 1.54) is 25.3 Å². The minimum atomic E-state index is -3.73. The zero-order valence-corrected chi connectivity index (χ0v) is 14.7. The average Bonchev–Trinajstić information content (AvgIpc) is 2.48. The van der Waals surface area contributed by atoms with Gasteiger partial charge in [0.1, 0.15) is 5.75 Å². The van der Waals surface area contributed by atoms with Crippen molar-refractivity contribution in [3.8, 4) is 5.75 Å². The van der Waals surface area contributed by atoms with E-state index in [4.69, 9.17) is 10.5 Å². The third kappa shape index (κ3) is 4.57. The highest BCUT2D eigenvalue weighted by molar-refractivity contribution is 7.89. The van der Waals surface area contributed by atoms with E-state index in [0.717, 1.165) is 19.4 Å². The number of methoxy groups -OCH3 is 1. The van der Waals surface area contributed by atoms with Crippen LogP contribution in [0.25, 0.3) is 0 Å². The molecule has 7 nitrogen and oxygen atoms in total. The molecule has 4 N–H and O–H groups in total. The lowest BCUT2D eigenvalue weighted by Gasteiger charge is -2.30. The van der Waals surface area contributed by atoms with Crippen molar-refractivity contribution in [2.75, 3.05) is 13.7 Å². The van der Waals surface area contributed by atoms with Crippen molar-refractivity contribution in [3.63, 3.8) is 0 Å². The lowest BCUT2D eigenvalue weighted by Crippen LogP contribution is -2.51. The van der Waals surface area contributed by atoms with Gasteiger partial charge in [0.25, 0.3) is 5.91 Å². The third-order valence-corrected chi connectivity index (χ3v) is 5.30. The Kier molecular flexibility index (Phi) is 6.82. The van der Waals surface area contributed by atoms with E-state index in [0.29, 0.717) is 0 Å². The van der Waals surface area contributed by atoms with Gasteiger partial charge in [-0.3, -0.25) is 4.79 Å². The van der Waals surface area contributed by atoms with Crippen molar-refractivity contribution in [1.29, 1.82) is 0 Å². The molecule has 0 radical (unpaired) electrons. The van der Waals surface area contributed by atoms with Crippen LogP contribution in [0.4, 0.5) is 0 Å². The average molecular weight is 364 g/mol. The number of amides is 1. The Morgan fingerprint density at radius 1 is 1.43 bits per heavy atom. The van der Waals surface area contributed by atoms with E-state index in [-0.39, 0.29) is 40.7 Å². The lowest BCUT2D eigenvalue weighted by molar-refractivity contribution is 0.0997. The molecule has 1 aliphatic rings. The second-order valence-corrected chi connectivity index (χ2v) is 7.05. The number of benzene rings is 1. The molecule has 130 valence electrons. The van der Waals surface area contributed by atoms with Gasteiger partial charge < -0.3 is 15.8 Å². The van der Waals surface area contributed by atoms with Gasteiger partial charge in [0.15, 0.2) is 0 Å². The number of hydrogen-bond acceptors (Lipinski definition) is 5. The van der Waals surface area contributed by atoms with Crippen molar-refractivity contribution in [2.45, 2.75) is 36.7 Å². The molecule has 23 heavy (non-hydrogen) atoms. The summed E-state index contributed by atoms with van der Waals surface area (Å²) < 4.78 is 32.7. The van der Waals surface area contributed by atoms with Crippen molar-refractivity contribution in [2.24, 2.45) is 5.73 Å². The molecule has 9 heteroatoms. The third-order valence-electron chi connectivity index (χ3n) is 3.81. The Balaban J connectivity index is 0.00000264. The molecule has 0 aliphatic carbocycles. The number of hydrogen-bond donors (Lipinski definition) is 3. The summed E-state index contributed by atoms with van der Waals surface area (Å²) in [5.41, 5.74) is 5.31. The number of nitrogens with two attached hydrogens (primary N) is 1. The molecule has 2 atom stereocenters. The second kappa shape index (κ2) is 7.96. The highest BCUT2D eigenvalue weighted by Crippen LogP contribution is 2.23. The normalized spacial score (nSPS) is 21.3. The van der Waals surface area contributed by atoms with Crippen LogP contribution >= 0.6 is 12.4 Å². The Hall–Kier alpha value is -1.35. The maximum absolute atomic E-state index is 12.5. The van der Waals surface area contributed by atoms with Crippen LogP contribution in [0.2, 0.25) is 0 Å². The first-order valence-electron chi connectivity index (χ1n) is 7.08. The van der Waals surface area contributed by atoms with E-state index in [2.05, 4.69) is 10.0 Å². The second-order valence-electron chi connectivity index (χ2n) is 5.34. The van der Waals surface area contributed by atoms with Gasteiger partial charge >= 0.3 is 0 Å². The molecule has 0 saturated carbocycles. The number of ether oxygens (including phenoxy) is 1. The SMILES string of the molecule is COc1ccc(S(=O)(=O)NC2CCCNC2C)cc1C(N)=O.Cl. The molecule has 2 rings (SSSR count). The Bertz CT molecular complexity index is 666. The quantitative estimate of drug-likeness (QED) is 0.710. The van der Waals surface area contributed by atoms with Crippen LogP contribution in [-0.2, 0) is 10.0 Å². The smallest absolute Gasteiger partial charge is 0.252 e. The Labute approximate surface area is 142 Å². The van der Waals surface area contributed by atoms with E-state index in [1.54, 1.807) is 0 Å². The summed E-state index contributed by atoms with van der Waals surface area (Å²) in [6.07, 6.45) is 1.68. The number of piperidine rings is 1. The van der Waals surface area contributed by atoms with Crippen molar-refractivity contribution in [3.05, 3.63) is 23.8 Å². The fourth-order valence-electron chi connectivity index (χ4n) is 2.52. The van der Waals surface area contributed by atoms with Crippen molar-refractivity contribution >= 4 is 28.3 Å². The first kappa shape index (κ1) is 19.7. The van der Waals surface area contributed by atoms with Crippen molar-refractivity contribution < 1.29 is 17.9 Å². The molecular weight excluding hydrogens is 342 g/mol. The fraction of sp³-hybridized carbons (Fsp3) is 0.500. The molecule has 0 bridgehead atoms. The summed E-state index contributed by atoms with van der Waals surface area (Å²) in [4.78, 5) is 11.4. The summed E-state index contributed by atoms with van der Waals surface area (Å²) in [7, 11) is -2.33. The molecule has 0 aromatic heterocycles. The van der Waals surface area contributed by atoms with Gasteiger partial charge in [-0.05, 0) is 44.5 Å². The molecular formula is C14H22ClN3O4S. The topological polar surface area (TPSA) is 111 Å². The maximum Gasteiger partial charge on any atom is 0.252 e. The van der Waals surface area contributed by atoms with Crippen LogP contribution < -0.4 is 20.5 Å². The number of primary amides is 1. The summed E-state index contributed by atoms with van der Waals surface area (Å²) >= 11 is 0. The fourth-order valence-corrected chi connectivity index (χ4v) is 3.90. The Morgan fingerprint density at radius 3 is 2.70 bits per heavy atom. The molecule has 1 aromatic carbocycles. The minimum Gasteiger partial charge on any atom is -0.496 e.